The van der Waals surface area contributed by atoms with Gasteiger partial charge in [0.2, 0.25) is 0 Å². The highest BCUT2D eigenvalue weighted by Gasteiger charge is 2.34. The SMILES string of the molecule is COc1ccc(C(c2nnnn2C2CCCC2)N2CCN(Cc3ccccc3)CC2)c(OC)c1.Cl. The summed E-state index contributed by atoms with van der Waals surface area (Å²) in [6.45, 7) is 4.84. The fraction of sp³-hybridized carbons (Fsp3) is 0.500. The molecule has 8 nitrogen and oxygen atoms in total. The molecule has 3 aromatic rings. The molecule has 188 valence electrons. The molecular formula is C26H35ClN6O2. The summed E-state index contributed by atoms with van der Waals surface area (Å²) in [5.74, 6) is 2.49. The van der Waals surface area contributed by atoms with Crippen LogP contribution in [0.4, 0.5) is 0 Å². The lowest BCUT2D eigenvalue weighted by Gasteiger charge is -2.39. The van der Waals surface area contributed by atoms with Gasteiger partial charge >= 0.3 is 0 Å². The van der Waals surface area contributed by atoms with Crippen molar-refractivity contribution in [1.82, 2.24) is 30.0 Å². The third kappa shape index (κ3) is 5.60. The molecule has 2 heterocycles. The summed E-state index contributed by atoms with van der Waals surface area (Å²) >= 11 is 0. The molecule has 1 atom stereocenters. The number of hydrogen-bond acceptors (Lipinski definition) is 7. The fourth-order valence-electron chi connectivity index (χ4n) is 5.35. The number of methoxy groups -OCH3 is 2. The molecule has 0 radical (unpaired) electrons. The van der Waals surface area contributed by atoms with Crippen molar-refractivity contribution in [2.45, 2.75) is 44.3 Å². The first-order valence-corrected chi connectivity index (χ1v) is 12.3. The highest BCUT2D eigenvalue weighted by atomic mass is 35.5. The summed E-state index contributed by atoms with van der Waals surface area (Å²) < 4.78 is 13.4. The minimum Gasteiger partial charge on any atom is -0.497 e. The van der Waals surface area contributed by atoms with E-state index < -0.39 is 0 Å². The van der Waals surface area contributed by atoms with Crippen molar-refractivity contribution in [3.8, 4) is 11.5 Å². The third-order valence-electron chi connectivity index (χ3n) is 7.19. The summed E-state index contributed by atoms with van der Waals surface area (Å²) in [5, 5.41) is 13.2. The molecule has 1 saturated carbocycles. The van der Waals surface area contributed by atoms with Gasteiger partial charge in [-0.25, -0.2) is 4.68 Å². The van der Waals surface area contributed by atoms with Gasteiger partial charge < -0.3 is 9.47 Å². The van der Waals surface area contributed by atoms with E-state index in [0.29, 0.717) is 6.04 Å². The highest BCUT2D eigenvalue weighted by molar-refractivity contribution is 5.85. The van der Waals surface area contributed by atoms with Crippen molar-refractivity contribution >= 4 is 12.4 Å². The predicted octanol–water partition coefficient (Wildman–Crippen LogP) is 4.13. The maximum atomic E-state index is 5.83. The molecule has 2 aliphatic rings. The van der Waals surface area contributed by atoms with E-state index in [0.717, 1.165) is 68.5 Å². The molecule has 0 amide bonds. The molecular weight excluding hydrogens is 464 g/mol. The molecule has 5 rings (SSSR count). The van der Waals surface area contributed by atoms with Crippen LogP contribution in [0.1, 0.15) is 54.7 Å². The maximum Gasteiger partial charge on any atom is 0.173 e. The van der Waals surface area contributed by atoms with E-state index in [4.69, 9.17) is 9.47 Å². The Balaban J connectivity index is 0.00000289. The Hall–Kier alpha value is -2.68. The van der Waals surface area contributed by atoms with Crippen LogP contribution in [0.5, 0.6) is 11.5 Å². The predicted molar refractivity (Wildman–Crippen MR) is 137 cm³/mol. The van der Waals surface area contributed by atoms with Crippen LogP contribution in [0.2, 0.25) is 0 Å². The smallest absolute Gasteiger partial charge is 0.173 e. The fourth-order valence-corrected chi connectivity index (χ4v) is 5.35. The lowest BCUT2D eigenvalue weighted by atomic mass is 10.0. The van der Waals surface area contributed by atoms with Crippen molar-refractivity contribution < 1.29 is 9.47 Å². The van der Waals surface area contributed by atoms with Crippen molar-refractivity contribution in [3.63, 3.8) is 0 Å². The number of halogens is 1. The molecule has 1 saturated heterocycles. The second-order valence-corrected chi connectivity index (χ2v) is 9.23. The van der Waals surface area contributed by atoms with Crippen LogP contribution >= 0.6 is 12.4 Å². The van der Waals surface area contributed by atoms with Crippen LogP contribution in [0.15, 0.2) is 48.5 Å². The Morgan fingerprint density at radius 3 is 2.37 bits per heavy atom. The summed E-state index contributed by atoms with van der Waals surface area (Å²) in [4.78, 5) is 5.02. The second kappa shape index (κ2) is 11.8. The topological polar surface area (TPSA) is 68.5 Å². The molecule has 2 fully saturated rings. The van der Waals surface area contributed by atoms with Crippen LogP contribution < -0.4 is 9.47 Å². The average Bonchev–Trinajstić information content (AvgIpc) is 3.58. The summed E-state index contributed by atoms with van der Waals surface area (Å²) in [6, 6.07) is 17.1. The van der Waals surface area contributed by atoms with Gasteiger partial charge in [-0.15, -0.1) is 17.5 Å². The molecule has 1 aliphatic heterocycles. The molecule has 0 bridgehead atoms. The lowest BCUT2D eigenvalue weighted by Crippen LogP contribution is -2.48. The van der Waals surface area contributed by atoms with Crippen molar-refractivity contribution in [3.05, 3.63) is 65.5 Å². The Kier molecular flexibility index (Phi) is 8.59. The van der Waals surface area contributed by atoms with Crippen LogP contribution in [0.25, 0.3) is 0 Å². The van der Waals surface area contributed by atoms with Gasteiger partial charge in [0.15, 0.2) is 5.82 Å². The zero-order chi connectivity index (χ0) is 23.3. The number of rotatable bonds is 8. The van der Waals surface area contributed by atoms with Crippen molar-refractivity contribution in [2.75, 3.05) is 40.4 Å². The van der Waals surface area contributed by atoms with Gasteiger partial charge in [-0.2, -0.15) is 0 Å². The van der Waals surface area contributed by atoms with Gasteiger partial charge in [0.1, 0.15) is 17.5 Å². The minimum atomic E-state index is -0.0738. The first-order chi connectivity index (χ1) is 16.8. The van der Waals surface area contributed by atoms with E-state index in [1.165, 1.54) is 18.4 Å². The molecule has 0 spiro atoms. The van der Waals surface area contributed by atoms with Gasteiger partial charge in [-0.1, -0.05) is 43.2 Å². The maximum absolute atomic E-state index is 5.83. The van der Waals surface area contributed by atoms with Gasteiger partial charge in [0.05, 0.1) is 20.3 Å². The summed E-state index contributed by atoms with van der Waals surface area (Å²) in [6.07, 6.45) is 4.74. The second-order valence-electron chi connectivity index (χ2n) is 9.23. The van der Waals surface area contributed by atoms with E-state index in [9.17, 15) is 0 Å². The minimum absolute atomic E-state index is 0. The number of ether oxygens (including phenoxy) is 2. The summed E-state index contributed by atoms with van der Waals surface area (Å²) in [7, 11) is 3.39. The number of tetrazole rings is 1. The zero-order valence-electron chi connectivity index (χ0n) is 20.5. The molecule has 1 aliphatic carbocycles. The first kappa shape index (κ1) is 25.4. The zero-order valence-corrected chi connectivity index (χ0v) is 21.4. The quantitative estimate of drug-likeness (QED) is 0.462. The number of hydrogen-bond donors (Lipinski definition) is 0. The normalized spacial score (nSPS) is 18.2. The van der Waals surface area contributed by atoms with Crippen LogP contribution in [-0.2, 0) is 6.54 Å². The van der Waals surface area contributed by atoms with Crippen LogP contribution in [-0.4, -0.2) is 70.4 Å². The van der Waals surface area contributed by atoms with E-state index in [-0.39, 0.29) is 18.4 Å². The Labute approximate surface area is 213 Å². The Morgan fingerprint density at radius 1 is 0.943 bits per heavy atom. The van der Waals surface area contributed by atoms with Crippen molar-refractivity contribution in [1.29, 1.82) is 0 Å². The molecule has 9 heteroatoms. The largest absolute Gasteiger partial charge is 0.497 e. The first-order valence-electron chi connectivity index (χ1n) is 12.3. The standard InChI is InChI=1S/C26H34N6O2.ClH/c1-33-22-12-13-23(24(18-22)34-2)25(26-27-28-29-32(26)21-10-6-7-11-21)31-16-14-30(15-17-31)19-20-8-4-3-5-9-20;/h3-5,8-9,12-13,18,21,25H,6-7,10-11,14-17,19H2,1-2H3;1H. The number of benzene rings is 2. The highest BCUT2D eigenvalue weighted by Crippen LogP contribution is 2.39. The number of aromatic nitrogens is 4. The molecule has 1 aromatic heterocycles. The van der Waals surface area contributed by atoms with Gasteiger partial charge in [0, 0.05) is 44.4 Å². The average molecular weight is 499 g/mol. The number of nitrogens with zero attached hydrogens (tertiary/aromatic N) is 6. The van der Waals surface area contributed by atoms with E-state index >= 15 is 0 Å². The molecule has 2 aromatic carbocycles. The van der Waals surface area contributed by atoms with E-state index in [1.54, 1.807) is 14.2 Å². The van der Waals surface area contributed by atoms with E-state index in [2.05, 4.69) is 66.4 Å². The third-order valence-corrected chi connectivity index (χ3v) is 7.19. The van der Waals surface area contributed by atoms with Gasteiger partial charge in [-0.3, -0.25) is 9.80 Å². The van der Waals surface area contributed by atoms with Gasteiger partial charge in [-0.05, 0) is 41.0 Å². The molecule has 0 N–H and O–H groups in total. The lowest BCUT2D eigenvalue weighted by molar-refractivity contribution is 0.0983. The summed E-state index contributed by atoms with van der Waals surface area (Å²) in [5.41, 5.74) is 2.43. The van der Waals surface area contributed by atoms with Crippen molar-refractivity contribution in [2.24, 2.45) is 0 Å². The van der Waals surface area contributed by atoms with Crippen LogP contribution in [0.3, 0.4) is 0 Å². The van der Waals surface area contributed by atoms with Crippen LogP contribution in [0, 0.1) is 0 Å². The van der Waals surface area contributed by atoms with Gasteiger partial charge in [0.25, 0.3) is 0 Å². The van der Waals surface area contributed by atoms with E-state index in [1.807, 2.05) is 12.1 Å². The molecule has 35 heavy (non-hydrogen) atoms. The molecule has 1 unspecified atom stereocenters. The Morgan fingerprint density at radius 2 is 1.69 bits per heavy atom. The number of piperazine rings is 1. The monoisotopic (exact) mass is 498 g/mol. The Bertz CT molecular complexity index is 1060.